The van der Waals surface area contributed by atoms with E-state index in [0.717, 1.165) is 48.9 Å². The van der Waals surface area contributed by atoms with Gasteiger partial charge in [0.15, 0.2) is 23.5 Å². The number of aliphatic hydroxyl groups excluding tert-OH is 2. The van der Waals surface area contributed by atoms with Crippen LogP contribution in [0.3, 0.4) is 0 Å². The Morgan fingerprint density at radius 3 is 2.59 bits per heavy atom. The third-order valence-corrected chi connectivity index (χ3v) is 15.7. The molecule has 2 amide bonds. The maximum atomic E-state index is 17.6. The average molecular weight is 949 g/mol. The van der Waals surface area contributed by atoms with Crippen LogP contribution in [-0.2, 0) is 42.2 Å². The molecule has 66 heavy (non-hydrogen) atoms. The summed E-state index contributed by atoms with van der Waals surface area (Å²) in [5, 5.41) is 40.3. The molecule has 3 unspecified atom stereocenters. The summed E-state index contributed by atoms with van der Waals surface area (Å²) in [5.74, 6) is 1.97. The number of phosphoric ester groups is 1. The Morgan fingerprint density at radius 1 is 1.08 bits per heavy atom. The number of allylic oxidation sites excluding steroid dienone is 4. The van der Waals surface area contributed by atoms with E-state index in [-0.39, 0.29) is 50.8 Å². The number of fused-ring (bicyclic) bond motifs is 5. The van der Waals surface area contributed by atoms with Crippen LogP contribution in [0.2, 0.25) is 0 Å². The maximum Gasteiger partial charge on any atom is 0.473 e. The summed E-state index contributed by atoms with van der Waals surface area (Å²) in [6.07, 6.45) is -0.0792. The van der Waals surface area contributed by atoms with Gasteiger partial charge in [0.25, 0.3) is 5.56 Å². The van der Waals surface area contributed by atoms with Gasteiger partial charge < -0.3 is 45.1 Å². The van der Waals surface area contributed by atoms with E-state index < -0.39 is 121 Å². The highest BCUT2D eigenvalue weighted by molar-refractivity contribution is 7.47. The van der Waals surface area contributed by atoms with E-state index in [4.69, 9.17) is 23.3 Å². The first-order valence-electron chi connectivity index (χ1n) is 22.3. The van der Waals surface area contributed by atoms with Crippen LogP contribution in [0, 0.1) is 40.4 Å². The second-order valence-corrected chi connectivity index (χ2v) is 20.0. The fraction of sp³-hybridized carbons (Fsp3) is 0.682. The second-order valence-electron chi connectivity index (χ2n) is 18.6. The molecule has 6 aliphatic rings. The van der Waals surface area contributed by atoms with Gasteiger partial charge in [-0.3, -0.25) is 37.8 Å². The zero-order valence-corrected chi connectivity index (χ0v) is 37.8. The zero-order valence-electron chi connectivity index (χ0n) is 36.9. The van der Waals surface area contributed by atoms with Crippen molar-refractivity contribution in [3.05, 3.63) is 56.9 Å². The molecule has 14 atom stereocenters. The van der Waals surface area contributed by atoms with E-state index in [1.165, 1.54) is 18.2 Å². The number of amides is 2. The summed E-state index contributed by atoms with van der Waals surface area (Å²) in [4.78, 5) is 88.7. The van der Waals surface area contributed by atoms with Crippen LogP contribution in [0.4, 0.5) is 9.18 Å². The molecule has 0 spiro atoms. The molecule has 1 aromatic rings. The van der Waals surface area contributed by atoms with E-state index in [9.17, 15) is 53.5 Å². The van der Waals surface area contributed by atoms with Crippen molar-refractivity contribution in [1.82, 2.24) is 20.2 Å². The van der Waals surface area contributed by atoms with Crippen LogP contribution < -0.4 is 21.9 Å². The first-order chi connectivity index (χ1) is 31.1. The van der Waals surface area contributed by atoms with Crippen molar-refractivity contribution in [2.45, 2.75) is 127 Å². The average Bonchev–Trinajstić information content (AvgIpc) is 3.65. The summed E-state index contributed by atoms with van der Waals surface area (Å²) in [6.45, 7) is 2.52. The summed E-state index contributed by atoms with van der Waals surface area (Å²) >= 11 is 0. The molecule has 1 aliphatic heterocycles. The number of carbonyl (C=O) groups is 4. The van der Waals surface area contributed by atoms with Crippen molar-refractivity contribution < 1.29 is 71.6 Å². The van der Waals surface area contributed by atoms with Gasteiger partial charge in [-0.2, -0.15) is 0 Å². The number of H-pyrrole nitrogens is 1. The fourth-order valence-corrected chi connectivity index (χ4v) is 12.2. The number of aliphatic hydroxyl groups is 3. The number of alkyl carbamates (subject to hydrolysis) is 1. The number of nitrogens with one attached hydrogen (secondary N) is 3. The molecular formula is C44H58FN4O16P. The third kappa shape index (κ3) is 9.28. The molecule has 362 valence electrons. The monoisotopic (exact) mass is 948 g/mol. The topological polar surface area (TPSA) is 291 Å². The Bertz CT molecular complexity index is 2360. The highest BCUT2D eigenvalue weighted by Gasteiger charge is 2.75. The first kappa shape index (κ1) is 49.5. The number of aromatic nitrogens is 2. The second kappa shape index (κ2) is 19.3. The lowest BCUT2D eigenvalue weighted by Crippen LogP contribution is -2.69. The molecule has 1 saturated heterocycles. The number of rotatable bonds is 15. The predicted molar refractivity (Wildman–Crippen MR) is 228 cm³/mol. The number of hydrogen-bond donors (Lipinski definition) is 7. The van der Waals surface area contributed by atoms with E-state index in [2.05, 4.69) is 22.5 Å². The molecule has 5 aliphatic carbocycles. The lowest BCUT2D eigenvalue weighted by Gasteiger charge is -2.62. The van der Waals surface area contributed by atoms with Gasteiger partial charge in [-0.1, -0.05) is 37.8 Å². The van der Waals surface area contributed by atoms with Gasteiger partial charge in [-0.05, 0) is 75.9 Å². The predicted octanol–water partition coefficient (Wildman–Crippen LogP) is 1.41. The molecule has 20 nitrogen and oxygen atoms in total. The molecule has 7 rings (SSSR count). The Balaban J connectivity index is 0.978. The molecule has 2 heterocycles. The van der Waals surface area contributed by atoms with Crippen molar-refractivity contribution >= 4 is 31.4 Å². The molecule has 7 N–H and O–H groups in total. The van der Waals surface area contributed by atoms with Gasteiger partial charge in [0.05, 0.1) is 6.10 Å². The number of hydrogen-bond acceptors (Lipinski definition) is 15. The van der Waals surface area contributed by atoms with E-state index in [1.54, 1.807) is 20.8 Å². The van der Waals surface area contributed by atoms with Gasteiger partial charge in [0.2, 0.25) is 5.91 Å². The minimum Gasteiger partial charge on any atom is -0.447 e. The van der Waals surface area contributed by atoms with E-state index >= 15 is 4.39 Å². The molecule has 0 radical (unpaired) electrons. The van der Waals surface area contributed by atoms with Gasteiger partial charge in [-0.25, -0.2) is 18.5 Å². The van der Waals surface area contributed by atoms with Crippen LogP contribution in [0.25, 0.3) is 0 Å². The van der Waals surface area contributed by atoms with Crippen LogP contribution >= 0.6 is 7.82 Å². The largest absolute Gasteiger partial charge is 0.473 e. The van der Waals surface area contributed by atoms with Crippen molar-refractivity contribution in [3.8, 4) is 11.8 Å². The van der Waals surface area contributed by atoms with Crippen LogP contribution in [0.15, 0.2) is 45.7 Å². The molecule has 1 aromatic heterocycles. The Kier molecular flexibility index (Phi) is 14.5. The highest BCUT2D eigenvalue weighted by Crippen LogP contribution is 2.71. The summed E-state index contributed by atoms with van der Waals surface area (Å²) in [7, 11) is -5.41. The molecular weight excluding hydrogens is 890 g/mol. The Morgan fingerprint density at radius 2 is 1.83 bits per heavy atom. The Hall–Kier alpha value is -4.36. The van der Waals surface area contributed by atoms with Gasteiger partial charge in [-0.15, -0.1) is 5.92 Å². The number of nitrogens with zero attached hydrogens (tertiary/aromatic N) is 1. The van der Waals surface area contributed by atoms with Crippen molar-refractivity contribution in [2.75, 3.05) is 32.9 Å². The van der Waals surface area contributed by atoms with Crippen molar-refractivity contribution in [1.29, 1.82) is 0 Å². The normalized spacial score (nSPS) is 37.9. The number of ether oxygens (including phenoxy) is 3. The number of carbonyl (C=O) groups excluding carboxylic acids is 4. The molecule has 0 aromatic carbocycles. The number of Topliss-reactive ketones (excluding diaryl/α,β-unsaturated/α-hetero) is 1. The molecule has 22 heteroatoms. The van der Waals surface area contributed by atoms with E-state index in [0.29, 0.717) is 12.0 Å². The minimum atomic E-state index is -5.41. The summed E-state index contributed by atoms with van der Waals surface area (Å²) in [5.41, 5.74) is -8.52. The van der Waals surface area contributed by atoms with Gasteiger partial charge >= 0.3 is 19.6 Å². The fourth-order valence-electron chi connectivity index (χ4n) is 11.3. The number of phosphoric acid groups is 1. The molecule has 3 saturated carbocycles. The zero-order chi connectivity index (χ0) is 47.8. The lowest BCUT2D eigenvalue weighted by molar-refractivity contribution is -0.219. The van der Waals surface area contributed by atoms with Gasteiger partial charge in [0, 0.05) is 48.5 Å². The standard InChI is InChI=1S/C44H58FN4O16P/c1-25-19-30-29-12-11-26-20-27(50)13-15-41(26,2)43(29,45)32(51)21-42(30,3)44(25,58)33(52)23-63-66(59,60)65-37-31(64-38(36(37)55)49-18-14-34(53)48-39(49)56)22-62-40(57)47-17-16-46-35(54)24-61-28-9-7-5-4-6-8-10-28/h13-15,18,20,25,28-32,36-38,51,55,58H,4-7,9,11-12,16-17,19,21-24H2,1-3H3,(H,46,54)(H,47,57)(H,59,60)(H,48,53,56)/t25-,28?,29+,30+,31-,32+,36+,37?,38-,41+,42+,43+,44+/m1/s1. The number of aromatic amines is 1. The first-order valence-corrected chi connectivity index (χ1v) is 23.8. The molecule has 0 bridgehead atoms. The molecule has 4 fully saturated rings. The third-order valence-electron chi connectivity index (χ3n) is 14.7. The summed E-state index contributed by atoms with van der Waals surface area (Å²) < 4.78 is 59.0. The van der Waals surface area contributed by atoms with Crippen LogP contribution in [0.1, 0.15) is 84.8 Å². The van der Waals surface area contributed by atoms with Crippen molar-refractivity contribution in [2.24, 2.45) is 28.6 Å². The minimum absolute atomic E-state index is 0.0108. The van der Waals surface area contributed by atoms with E-state index in [1.807, 2.05) is 4.98 Å². The Labute approximate surface area is 379 Å². The summed E-state index contributed by atoms with van der Waals surface area (Å²) in [6, 6.07) is 0.949. The smallest absolute Gasteiger partial charge is 0.447 e. The van der Waals surface area contributed by atoms with Crippen LogP contribution in [0.5, 0.6) is 0 Å². The van der Waals surface area contributed by atoms with Crippen LogP contribution in [-0.4, -0.2) is 128 Å². The SMILES string of the molecule is C[C@@H]1C[C@H]2[C@@H]3CCC4=CC(=O)C=C[C@]4(C)[C@@]3(F)[C@@H](O)C[C@]2(C)[C@@]1(O)C(=O)COP(=O)(O)OC1[C@@H](COC(=O)NCCNC(=O)COC2C#CCCCCC2)O[C@@H](n2ccc(=O)[nH]c2=O)[C@H]1O. The number of alkyl halides is 1. The lowest BCUT2D eigenvalue weighted by atomic mass is 9.44. The number of halogens is 1. The highest BCUT2D eigenvalue weighted by atomic mass is 31.2. The quantitative estimate of drug-likeness (QED) is 0.0743. The maximum absolute atomic E-state index is 17.6. The van der Waals surface area contributed by atoms with Gasteiger partial charge in [0.1, 0.15) is 49.8 Å². The van der Waals surface area contributed by atoms with Crippen molar-refractivity contribution in [3.63, 3.8) is 0 Å². The number of ketones is 2.